The van der Waals surface area contributed by atoms with E-state index < -0.39 is 5.97 Å². The van der Waals surface area contributed by atoms with Gasteiger partial charge in [0.1, 0.15) is 5.01 Å². The zero-order valence-electron chi connectivity index (χ0n) is 9.99. The second-order valence-electron chi connectivity index (χ2n) is 5.04. The van der Waals surface area contributed by atoms with Crippen molar-refractivity contribution in [1.29, 1.82) is 0 Å². The minimum absolute atomic E-state index is 0.134. The van der Waals surface area contributed by atoms with E-state index in [0.717, 1.165) is 5.01 Å². The third-order valence-electron chi connectivity index (χ3n) is 2.96. The molecule has 1 aromatic heterocycles. The van der Waals surface area contributed by atoms with Gasteiger partial charge in [0, 0.05) is 24.7 Å². The van der Waals surface area contributed by atoms with E-state index in [-0.39, 0.29) is 17.5 Å². The molecule has 1 fully saturated rings. The minimum Gasteiger partial charge on any atom is -0.481 e. The third-order valence-corrected chi connectivity index (χ3v) is 4.06. The lowest BCUT2D eigenvalue weighted by atomic mass is 9.85. The molecule has 94 valence electrons. The third kappa shape index (κ3) is 2.65. The van der Waals surface area contributed by atoms with Crippen molar-refractivity contribution in [1.82, 2.24) is 15.6 Å². The average Bonchev–Trinajstić information content (AvgIpc) is 2.66. The van der Waals surface area contributed by atoms with E-state index in [2.05, 4.69) is 15.6 Å². The molecule has 2 heterocycles. The van der Waals surface area contributed by atoms with Crippen LogP contribution in [0.3, 0.4) is 0 Å². The number of carboxylic acids is 1. The number of nitrogens with zero attached hydrogens (tertiary/aromatic N) is 1. The fraction of sp³-hybridized carbons (Fsp3) is 0.636. The summed E-state index contributed by atoms with van der Waals surface area (Å²) in [7, 11) is 0. The zero-order chi connectivity index (χ0) is 12.5. The molecule has 0 atom stereocenters. The van der Waals surface area contributed by atoms with Crippen molar-refractivity contribution >= 4 is 17.3 Å². The first-order valence-electron chi connectivity index (χ1n) is 5.55. The SMILES string of the molecule is CC(C)(NC1(CC(=O)O)CNC1)c1nccs1. The summed E-state index contributed by atoms with van der Waals surface area (Å²) in [6.07, 6.45) is 1.90. The largest absolute Gasteiger partial charge is 0.481 e. The number of aliphatic carboxylic acids is 1. The second kappa shape index (κ2) is 4.36. The molecule has 2 rings (SSSR count). The number of hydrogen-bond acceptors (Lipinski definition) is 5. The summed E-state index contributed by atoms with van der Waals surface area (Å²) in [6.45, 7) is 5.45. The van der Waals surface area contributed by atoms with E-state index in [0.29, 0.717) is 13.1 Å². The summed E-state index contributed by atoms with van der Waals surface area (Å²) < 4.78 is 0. The van der Waals surface area contributed by atoms with E-state index in [9.17, 15) is 4.79 Å². The Kier molecular flexibility index (Phi) is 3.20. The molecule has 0 aliphatic carbocycles. The van der Waals surface area contributed by atoms with Gasteiger partial charge in [-0.15, -0.1) is 11.3 Å². The molecule has 0 spiro atoms. The second-order valence-corrected chi connectivity index (χ2v) is 5.94. The highest BCUT2D eigenvalue weighted by Crippen LogP contribution is 2.28. The molecule has 1 aliphatic rings. The Hall–Kier alpha value is -0.980. The number of carbonyl (C=O) groups is 1. The van der Waals surface area contributed by atoms with Gasteiger partial charge in [0.2, 0.25) is 0 Å². The average molecular weight is 255 g/mol. The highest BCUT2D eigenvalue weighted by atomic mass is 32.1. The molecular formula is C11H17N3O2S. The Morgan fingerprint density at radius 3 is 2.82 bits per heavy atom. The van der Waals surface area contributed by atoms with Crippen molar-refractivity contribution in [3.63, 3.8) is 0 Å². The van der Waals surface area contributed by atoms with Gasteiger partial charge in [-0.2, -0.15) is 0 Å². The lowest BCUT2D eigenvalue weighted by Crippen LogP contribution is -2.71. The van der Waals surface area contributed by atoms with Crippen LogP contribution in [-0.2, 0) is 10.3 Å². The lowest BCUT2D eigenvalue weighted by Gasteiger charge is -2.47. The molecule has 0 unspecified atom stereocenters. The van der Waals surface area contributed by atoms with Gasteiger partial charge < -0.3 is 10.4 Å². The maximum Gasteiger partial charge on any atom is 0.305 e. The quantitative estimate of drug-likeness (QED) is 0.725. The molecule has 3 N–H and O–H groups in total. The molecule has 17 heavy (non-hydrogen) atoms. The maximum absolute atomic E-state index is 10.9. The van der Waals surface area contributed by atoms with Gasteiger partial charge >= 0.3 is 5.97 Å². The van der Waals surface area contributed by atoms with Crippen LogP contribution in [0, 0.1) is 0 Å². The van der Waals surface area contributed by atoms with Gasteiger partial charge in [0.05, 0.1) is 17.5 Å². The molecule has 6 heteroatoms. The molecule has 0 aromatic carbocycles. The number of rotatable bonds is 5. The fourth-order valence-corrected chi connectivity index (χ4v) is 2.94. The molecular weight excluding hydrogens is 238 g/mol. The minimum atomic E-state index is -0.770. The van der Waals surface area contributed by atoms with Crippen molar-refractivity contribution in [2.45, 2.75) is 31.3 Å². The Morgan fingerprint density at radius 2 is 2.41 bits per heavy atom. The summed E-state index contributed by atoms with van der Waals surface area (Å²) >= 11 is 1.58. The first-order chi connectivity index (χ1) is 7.94. The fourth-order valence-electron chi connectivity index (χ4n) is 2.22. The predicted octanol–water partition coefficient (Wildman–Crippen LogP) is 0.784. The van der Waals surface area contributed by atoms with Gasteiger partial charge in [-0.05, 0) is 13.8 Å². The molecule has 1 aliphatic heterocycles. The van der Waals surface area contributed by atoms with Crippen molar-refractivity contribution in [2.75, 3.05) is 13.1 Å². The van der Waals surface area contributed by atoms with E-state index in [1.807, 2.05) is 19.2 Å². The van der Waals surface area contributed by atoms with Crippen LogP contribution in [0.2, 0.25) is 0 Å². The first kappa shape index (κ1) is 12.5. The normalized spacial score (nSPS) is 18.7. The number of thiazole rings is 1. The van der Waals surface area contributed by atoms with Crippen LogP contribution < -0.4 is 10.6 Å². The molecule has 0 amide bonds. The summed E-state index contributed by atoms with van der Waals surface area (Å²) in [5, 5.41) is 18.5. The van der Waals surface area contributed by atoms with Crippen molar-refractivity contribution in [3.8, 4) is 0 Å². The number of carboxylic acid groups (broad SMARTS) is 1. The summed E-state index contributed by atoms with van der Waals surface area (Å²) in [5.74, 6) is -0.770. The highest BCUT2D eigenvalue weighted by Gasteiger charge is 2.43. The maximum atomic E-state index is 10.9. The number of nitrogens with one attached hydrogen (secondary N) is 2. The molecule has 0 bridgehead atoms. The van der Waals surface area contributed by atoms with Crippen LogP contribution in [0.25, 0.3) is 0 Å². The molecule has 0 saturated carbocycles. The Balaban J connectivity index is 2.11. The van der Waals surface area contributed by atoms with Crippen molar-refractivity contribution < 1.29 is 9.90 Å². The van der Waals surface area contributed by atoms with Crippen LogP contribution in [0.4, 0.5) is 0 Å². The van der Waals surface area contributed by atoms with E-state index in [1.165, 1.54) is 0 Å². The zero-order valence-corrected chi connectivity index (χ0v) is 10.8. The lowest BCUT2D eigenvalue weighted by molar-refractivity contribution is -0.139. The summed E-state index contributed by atoms with van der Waals surface area (Å²) in [6, 6.07) is 0. The smallest absolute Gasteiger partial charge is 0.305 e. The monoisotopic (exact) mass is 255 g/mol. The topological polar surface area (TPSA) is 74.2 Å². The van der Waals surface area contributed by atoms with Crippen LogP contribution in [-0.4, -0.2) is 34.7 Å². The van der Waals surface area contributed by atoms with E-state index >= 15 is 0 Å². The van der Waals surface area contributed by atoms with Crippen LogP contribution >= 0.6 is 11.3 Å². The van der Waals surface area contributed by atoms with Crippen molar-refractivity contribution in [2.24, 2.45) is 0 Å². The van der Waals surface area contributed by atoms with Crippen LogP contribution in [0.15, 0.2) is 11.6 Å². The van der Waals surface area contributed by atoms with Crippen molar-refractivity contribution in [3.05, 3.63) is 16.6 Å². The Bertz CT molecular complexity index is 399. The Labute approximate surface area is 104 Å². The first-order valence-corrected chi connectivity index (χ1v) is 6.43. The molecule has 1 aromatic rings. The summed E-state index contributed by atoms with van der Waals surface area (Å²) in [5.41, 5.74) is -0.646. The standard InChI is InChI=1S/C11H17N3O2S/c1-10(2,9-13-3-4-17-9)14-11(5-8(15)16)6-12-7-11/h3-4,12,14H,5-7H2,1-2H3,(H,15,16). The van der Waals surface area contributed by atoms with Crippen LogP contribution in [0.5, 0.6) is 0 Å². The molecule has 1 saturated heterocycles. The van der Waals surface area contributed by atoms with Gasteiger partial charge in [-0.3, -0.25) is 10.1 Å². The predicted molar refractivity (Wildman–Crippen MR) is 66.1 cm³/mol. The highest BCUT2D eigenvalue weighted by molar-refractivity contribution is 7.09. The molecule has 5 nitrogen and oxygen atoms in total. The van der Waals surface area contributed by atoms with Gasteiger partial charge in [0.15, 0.2) is 0 Å². The number of aromatic nitrogens is 1. The van der Waals surface area contributed by atoms with E-state index in [1.54, 1.807) is 17.5 Å². The van der Waals surface area contributed by atoms with Crippen LogP contribution in [0.1, 0.15) is 25.3 Å². The summed E-state index contributed by atoms with van der Waals surface area (Å²) in [4.78, 5) is 15.2. The van der Waals surface area contributed by atoms with Gasteiger partial charge in [-0.25, -0.2) is 4.98 Å². The van der Waals surface area contributed by atoms with E-state index in [4.69, 9.17) is 5.11 Å². The Morgan fingerprint density at radius 1 is 1.71 bits per heavy atom. The van der Waals surface area contributed by atoms with Gasteiger partial charge in [0.25, 0.3) is 0 Å². The van der Waals surface area contributed by atoms with Gasteiger partial charge in [-0.1, -0.05) is 0 Å². The molecule has 0 radical (unpaired) electrons. The number of hydrogen-bond donors (Lipinski definition) is 3.